The molecule has 2 saturated carbocycles. The summed E-state index contributed by atoms with van der Waals surface area (Å²) >= 11 is 3.25. The van der Waals surface area contributed by atoms with Gasteiger partial charge in [0.15, 0.2) is 0 Å². The Morgan fingerprint density at radius 1 is 1.06 bits per heavy atom. The molecule has 3 aliphatic rings. The van der Waals surface area contributed by atoms with Crippen LogP contribution in [0.5, 0.6) is 0 Å². The Bertz CT molecular complexity index is 1130. The highest BCUT2D eigenvalue weighted by molar-refractivity contribution is 9.10. The number of rotatable bonds is 7. The summed E-state index contributed by atoms with van der Waals surface area (Å²) in [4.78, 5) is 39.6. The van der Waals surface area contributed by atoms with E-state index in [4.69, 9.17) is 14.7 Å². The van der Waals surface area contributed by atoms with Crippen molar-refractivity contribution in [3.63, 3.8) is 0 Å². The van der Waals surface area contributed by atoms with Crippen LogP contribution in [0.25, 0.3) is 0 Å². The molecule has 3 amide bonds. The lowest BCUT2D eigenvalue weighted by Gasteiger charge is -2.35. The minimum Gasteiger partial charge on any atom is -0.446 e. The van der Waals surface area contributed by atoms with Crippen molar-refractivity contribution < 1.29 is 31.7 Å². The maximum absolute atomic E-state index is 13.6. The molecule has 3 N–H and O–H groups in total. The average molecular weight is 587 g/mol. The van der Waals surface area contributed by atoms with Crippen molar-refractivity contribution in [3.8, 4) is 0 Å². The lowest BCUT2D eigenvalue weighted by molar-refractivity contribution is -0.141. The summed E-state index contributed by atoms with van der Waals surface area (Å²) in [6, 6.07) is 3.82. The highest BCUT2D eigenvalue weighted by Crippen LogP contribution is 2.52. The van der Waals surface area contributed by atoms with Crippen LogP contribution in [0.15, 0.2) is 33.6 Å². The zero-order valence-corrected chi connectivity index (χ0v) is 22.9. The first-order valence-corrected chi connectivity index (χ1v) is 14.2. The van der Waals surface area contributed by atoms with Gasteiger partial charge >= 0.3 is 6.09 Å². The normalized spacial score (nSPS) is 28.3. The van der Waals surface area contributed by atoms with Crippen LogP contribution in [0.3, 0.4) is 0 Å². The lowest BCUT2D eigenvalue weighted by atomic mass is 9.85. The molecule has 0 bridgehead atoms. The minimum atomic E-state index is -4.14. The third kappa shape index (κ3) is 6.03. The van der Waals surface area contributed by atoms with E-state index < -0.39 is 51.6 Å². The smallest absolute Gasteiger partial charge is 0.408 e. The van der Waals surface area contributed by atoms with Gasteiger partial charge in [-0.2, -0.15) is 8.42 Å². The van der Waals surface area contributed by atoms with Crippen molar-refractivity contribution in [2.24, 2.45) is 23.0 Å². The van der Waals surface area contributed by atoms with E-state index in [0.717, 1.165) is 12.8 Å². The molecule has 2 aliphatic carbocycles. The maximum atomic E-state index is 13.6. The average Bonchev–Trinajstić information content (AvgIpc) is 3.17. The summed E-state index contributed by atoms with van der Waals surface area (Å²) in [7, 11) is -4.14. The zero-order chi connectivity index (χ0) is 26.4. The summed E-state index contributed by atoms with van der Waals surface area (Å²) in [6.45, 7) is 5.17. The molecule has 1 unspecified atom stereocenters. The maximum Gasteiger partial charge on any atom is 0.408 e. The van der Waals surface area contributed by atoms with Crippen LogP contribution in [0.4, 0.5) is 4.79 Å². The predicted octanol–water partition coefficient (Wildman–Crippen LogP) is 2.55. The standard InChI is InChI=1S/C24H32BrN3O7S/c1-24(2,3)20(27-23(31)34-16-9-13-8-14(13)10-16)22(30)28-12-17(11-19(28)21(26)29)35-36(32,33)18-6-4-15(25)5-7-18/h4-7,13-14,16-17,19-20H,8-12H2,1-3H3,(H2,26,29)(H,27,31)/t13-,14+,16?,17-,19-,20+/m0/s1. The van der Waals surface area contributed by atoms with Gasteiger partial charge in [0.1, 0.15) is 18.2 Å². The van der Waals surface area contributed by atoms with Crippen molar-refractivity contribution in [1.29, 1.82) is 0 Å². The minimum absolute atomic E-state index is 0.0485. The van der Waals surface area contributed by atoms with Crippen LogP contribution in [0, 0.1) is 17.3 Å². The molecular formula is C24H32BrN3O7S. The molecule has 1 aliphatic heterocycles. The molecule has 0 radical (unpaired) electrons. The first-order chi connectivity index (χ1) is 16.7. The van der Waals surface area contributed by atoms with Crippen LogP contribution in [-0.4, -0.2) is 62.1 Å². The van der Waals surface area contributed by atoms with E-state index in [1.165, 1.54) is 23.5 Å². The SMILES string of the molecule is CC(C)(C)[C@H](NC(=O)OC1C[C@@H]2C[C@@H]2C1)C(=O)N1C[C@@H](OS(=O)(=O)c2ccc(Br)cc2)C[C@H]1C(N)=O. The van der Waals surface area contributed by atoms with Crippen molar-refractivity contribution >= 4 is 44.0 Å². The summed E-state index contributed by atoms with van der Waals surface area (Å²) in [6.07, 6.45) is 0.976. The summed E-state index contributed by atoms with van der Waals surface area (Å²) in [5, 5.41) is 2.68. The number of carbonyl (C=O) groups excluding carboxylic acids is 3. The molecule has 36 heavy (non-hydrogen) atoms. The van der Waals surface area contributed by atoms with Crippen molar-refractivity contribution in [1.82, 2.24) is 10.2 Å². The number of hydrogen-bond donors (Lipinski definition) is 2. The van der Waals surface area contributed by atoms with E-state index in [-0.39, 0.29) is 24.0 Å². The number of carbonyl (C=O) groups is 3. The highest BCUT2D eigenvalue weighted by atomic mass is 79.9. The molecule has 0 spiro atoms. The second kappa shape index (κ2) is 9.94. The molecular weight excluding hydrogens is 554 g/mol. The number of nitrogens with one attached hydrogen (secondary N) is 1. The number of alkyl carbamates (subject to hydrolysis) is 1. The van der Waals surface area contributed by atoms with Crippen LogP contribution < -0.4 is 11.1 Å². The van der Waals surface area contributed by atoms with Crippen molar-refractivity contribution in [3.05, 3.63) is 28.7 Å². The van der Waals surface area contributed by atoms with Gasteiger partial charge < -0.3 is 20.7 Å². The fourth-order valence-corrected chi connectivity index (χ4v) is 6.43. The molecule has 10 nitrogen and oxygen atoms in total. The van der Waals surface area contributed by atoms with E-state index in [1.807, 2.05) is 0 Å². The highest BCUT2D eigenvalue weighted by Gasteiger charge is 2.49. The van der Waals surface area contributed by atoms with Crippen LogP contribution in [0.1, 0.15) is 46.5 Å². The Balaban J connectivity index is 1.45. The summed E-state index contributed by atoms with van der Waals surface area (Å²) < 4.78 is 37.1. The third-order valence-corrected chi connectivity index (χ3v) is 8.99. The topological polar surface area (TPSA) is 145 Å². The third-order valence-electron chi connectivity index (χ3n) is 7.09. The second-order valence-electron chi connectivity index (χ2n) is 11.0. The number of benzene rings is 1. The van der Waals surface area contributed by atoms with Gasteiger partial charge in [-0.05, 0) is 60.8 Å². The van der Waals surface area contributed by atoms with Crippen LogP contribution in [0.2, 0.25) is 0 Å². The fourth-order valence-electron chi connectivity index (χ4n) is 5.09. The molecule has 1 heterocycles. The predicted molar refractivity (Wildman–Crippen MR) is 133 cm³/mol. The molecule has 6 atom stereocenters. The van der Waals surface area contributed by atoms with Gasteiger partial charge in [-0.15, -0.1) is 0 Å². The van der Waals surface area contributed by atoms with E-state index >= 15 is 0 Å². The van der Waals surface area contributed by atoms with E-state index in [0.29, 0.717) is 16.3 Å². The molecule has 1 saturated heterocycles. The number of halogens is 1. The molecule has 4 rings (SSSR count). The number of amides is 3. The van der Waals surface area contributed by atoms with E-state index in [1.54, 1.807) is 32.9 Å². The summed E-state index contributed by atoms with van der Waals surface area (Å²) in [5.74, 6) is -0.0654. The Hall–Kier alpha value is -2.18. The molecule has 1 aromatic rings. The number of ether oxygens (including phenoxy) is 1. The largest absolute Gasteiger partial charge is 0.446 e. The molecule has 3 fully saturated rings. The number of likely N-dealkylation sites (tertiary alicyclic amines) is 1. The second-order valence-corrected chi connectivity index (χ2v) is 13.5. The van der Waals surface area contributed by atoms with Crippen molar-refractivity contribution in [2.75, 3.05) is 6.54 Å². The summed E-state index contributed by atoms with van der Waals surface area (Å²) in [5.41, 5.74) is 4.84. The number of hydrogen-bond acceptors (Lipinski definition) is 7. The van der Waals surface area contributed by atoms with Gasteiger partial charge in [0.25, 0.3) is 10.1 Å². The Labute approximate surface area is 219 Å². The Morgan fingerprint density at radius 2 is 1.67 bits per heavy atom. The van der Waals surface area contributed by atoms with Gasteiger partial charge in [0.2, 0.25) is 11.8 Å². The molecule has 1 aromatic carbocycles. The monoisotopic (exact) mass is 585 g/mol. The van der Waals surface area contributed by atoms with Gasteiger partial charge in [0, 0.05) is 17.4 Å². The van der Waals surface area contributed by atoms with Gasteiger partial charge in [0.05, 0.1) is 11.0 Å². The lowest BCUT2D eigenvalue weighted by Crippen LogP contribution is -2.57. The fraction of sp³-hybridized carbons (Fsp3) is 0.625. The van der Waals surface area contributed by atoms with Gasteiger partial charge in [-0.25, -0.2) is 4.79 Å². The van der Waals surface area contributed by atoms with Crippen LogP contribution >= 0.6 is 15.9 Å². The van der Waals surface area contributed by atoms with E-state index in [2.05, 4.69) is 21.2 Å². The first-order valence-electron chi connectivity index (χ1n) is 12.0. The number of nitrogens with two attached hydrogens (primary N) is 1. The molecule has 12 heteroatoms. The zero-order valence-electron chi connectivity index (χ0n) is 20.5. The van der Waals surface area contributed by atoms with E-state index in [9.17, 15) is 22.8 Å². The quantitative estimate of drug-likeness (QED) is 0.467. The van der Waals surface area contributed by atoms with Crippen LogP contribution in [-0.2, 0) is 28.6 Å². The first kappa shape index (κ1) is 26.9. The number of primary amides is 1. The Kier molecular flexibility index (Phi) is 7.42. The molecule has 198 valence electrons. The number of fused-ring (bicyclic) bond motifs is 1. The number of nitrogens with zero attached hydrogens (tertiary/aromatic N) is 1. The van der Waals surface area contributed by atoms with Gasteiger partial charge in [-0.3, -0.25) is 13.8 Å². The Morgan fingerprint density at radius 3 is 2.22 bits per heavy atom. The molecule has 0 aromatic heterocycles. The van der Waals surface area contributed by atoms with Crippen molar-refractivity contribution in [2.45, 2.75) is 75.6 Å². The van der Waals surface area contributed by atoms with Gasteiger partial charge in [-0.1, -0.05) is 36.7 Å².